The lowest BCUT2D eigenvalue weighted by Gasteiger charge is -2.04. The molecule has 0 unspecified atom stereocenters. The van der Waals surface area contributed by atoms with Crippen molar-refractivity contribution in [2.75, 3.05) is 5.32 Å². The summed E-state index contributed by atoms with van der Waals surface area (Å²) in [5, 5.41) is 5.55. The Morgan fingerprint density at radius 1 is 1.36 bits per heavy atom. The molecular formula is C15H12FN3O2S. The molecule has 0 radical (unpaired) electrons. The maximum atomic E-state index is 13.2. The molecule has 7 heteroatoms. The summed E-state index contributed by atoms with van der Waals surface area (Å²) in [7, 11) is 0. The molecule has 0 aliphatic heterocycles. The summed E-state index contributed by atoms with van der Waals surface area (Å²) in [6.07, 6.45) is 2.03. The van der Waals surface area contributed by atoms with Crippen LogP contribution < -0.4 is 10.9 Å². The summed E-state index contributed by atoms with van der Waals surface area (Å²) in [5.41, 5.74) is 0.760. The van der Waals surface area contributed by atoms with Crippen molar-refractivity contribution in [1.29, 1.82) is 0 Å². The van der Waals surface area contributed by atoms with E-state index >= 15 is 0 Å². The van der Waals surface area contributed by atoms with Crippen LogP contribution in [0.5, 0.6) is 0 Å². The molecule has 2 heterocycles. The zero-order chi connectivity index (χ0) is 15.5. The highest BCUT2D eigenvalue weighted by Crippen LogP contribution is 2.14. The number of hydrogen-bond donors (Lipinski definition) is 2. The predicted molar refractivity (Wildman–Crippen MR) is 83.6 cm³/mol. The number of amides is 1. The van der Waals surface area contributed by atoms with E-state index in [-0.39, 0.29) is 30.1 Å². The normalized spacial score (nSPS) is 10.8. The van der Waals surface area contributed by atoms with Crippen LogP contribution >= 0.6 is 11.3 Å². The van der Waals surface area contributed by atoms with Gasteiger partial charge in [-0.15, -0.1) is 11.3 Å². The van der Waals surface area contributed by atoms with Gasteiger partial charge in [-0.25, -0.2) is 9.37 Å². The number of thiazole rings is 1. The molecule has 0 bridgehead atoms. The third kappa shape index (κ3) is 3.20. The molecule has 1 aromatic carbocycles. The maximum Gasteiger partial charge on any atom is 0.251 e. The maximum absolute atomic E-state index is 13.2. The minimum Gasteiger partial charge on any atom is -0.322 e. The van der Waals surface area contributed by atoms with E-state index in [4.69, 9.17) is 0 Å². The van der Waals surface area contributed by atoms with Gasteiger partial charge in [-0.2, -0.15) is 0 Å². The average Bonchev–Trinajstić information content (AvgIpc) is 2.98. The van der Waals surface area contributed by atoms with Gasteiger partial charge in [-0.05, 0) is 30.7 Å². The van der Waals surface area contributed by atoms with Crippen LogP contribution in [0.25, 0.3) is 10.9 Å². The number of nitrogens with one attached hydrogen (secondary N) is 2. The first-order chi connectivity index (χ1) is 10.6. The first-order valence-corrected chi connectivity index (χ1v) is 7.50. The smallest absolute Gasteiger partial charge is 0.251 e. The lowest BCUT2D eigenvalue weighted by Crippen LogP contribution is -2.17. The lowest BCUT2D eigenvalue weighted by molar-refractivity contribution is -0.116. The van der Waals surface area contributed by atoms with Gasteiger partial charge >= 0.3 is 0 Å². The molecule has 3 rings (SSSR count). The van der Waals surface area contributed by atoms with Crippen molar-refractivity contribution in [3.05, 3.63) is 57.6 Å². The molecule has 0 fully saturated rings. The summed E-state index contributed by atoms with van der Waals surface area (Å²) >= 11 is 1.33. The third-order valence-electron chi connectivity index (χ3n) is 3.18. The number of fused-ring (bicyclic) bond motifs is 1. The number of aromatic amines is 1. The van der Waals surface area contributed by atoms with Gasteiger partial charge in [0.1, 0.15) is 5.82 Å². The summed E-state index contributed by atoms with van der Waals surface area (Å²) < 4.78 is 13.2. The van der Waals surface area contributed by atoms with Gasteiger partial charge in [-0.3, -0.25) is 9.59 Å². The number of H-pyrrole nitrogens is 1. The van der Waals surface area contributed by atoms with E-state index < -0.39 is 0 Å². The fourth-order valence-corrected chi connectivity index (χ4v) is 2.67. The fourth-order valence-electron chi connectivity index (χ4n) is 2.12. The molecule has 0 saturated heterocycles. The first kappa shape index (κ1) is 14.4. The molecule has 5 nitrogen and oxygen atoms in total. The number of carbonyl (C=O) groups excluding carboxylic acids is 1. The molecule has 3 aromatic rings. The van der Waals surface area contributed by atoms with Gasteiger partial charge in [-0.1, -0.05) is 0 Å². The highest BCUT2D eigenvalue weighted by Gasteiger charge is 2.08. The predicted octanol–water partition coefficient (Wildman–Crippen LogP) is 2.69. The van der Waals surface area contributed by atoms with Crippen molar-refractivity contribution in [3.8, 4) is 0 Å². The second-order valence-corrected chi connectivity index (χ2v) is 5.64. The van der Waals surface area contributed by atoms with E-state index in [0.717, 1.165) is 0 Å². The number of halogens is 1. The number of carbonyl (C=O) groups is 1. The number of pyridine rings is 1. The Labute approximate surface area is 128 Å². The molecule has 0 spiro atoms. The Balaban J connectivity index is 1.74. The second-order valence-electron chi connectivity index (χ2n) is 4.74. The molecule has 112 valence electrons. The van der Waals surface area contributed by atoms with Crippen LogP contribution in [0.2, 0.25) is 0 Å². The van der Waals surface area contributed by atoms with Gasteiger partial charge in [0.25, 0.3) is 5.56 Å². The Morgan fingerprint density at radius 2 is 2.23 bits per heavy atom. The van der Waals surface area contributed by atoms with Crippen molar-refractivity contribution in [1.82, 2.24) is 9.97 Å². The van der Waals surface area contributed by atoms with E-state index in [1.807, 2.05) is 0 Å². The quantitative estimate of drug-likeness (QED) is 0.777. The van der Waals surface area contributed by atoms with Gasteiger partial charge < -0.3 is 10.3 Å². The lowest BCUT2D eigenvalue weighted by atomic mass is 10.1. The van der Waals surface area contributed by atoms with Crippen molar-refractivity contribution < 1.29 is 9.18 Å². The van der Waals surface area contributed by atoms with E-state index in [1.54, 1.807) is 17.6 Å². The molecular weight excluding hydrogens is 305 g/mol. The molecule has 2 aromatic heterocycles. The number of nitrogens with zero attached hydrogens (tertiary/aromatic N) is 1. The van der Waals surface area contributed by atoms with Crippen molar-refractivity contribution >= 4 is 33.3 Å². The van der Waals surface area contributed by atoms with Gasteiger partial charge in [0, 0.05) is 34.5 Å². The molecule has 1 amide bonds. The Bertz CT molecular complexity index is 874. The van der Waals surface area contributed by atoms with Crippen LogP contribution in [-0.4, -0.2) is 15.9 Å². The summed E-state index contributed by atoms with van der Waals surface area (Å²) in [6.45, 7) is 0. The van der Waals surface area contributed by atoms with Crippen molar-refractivity contribution in [3.63, 3.8) is 0 Å². The van der Waals surface area contributed by atoms with E-state index in [9.17, 15) is 14.0 Å². The molecule has 0 aliphatic rings. The fraction of sp³-hybridized carbons (Fsp3) is 0.133. The first-order valence-electron chi connectivity index (χ1n) is 6.62. The van der Waals surface area contributed by atoms with Crippen molar-refractivity contribution in [2.24, 2.45) is 0 Å². The number of hydrogen-bond acceptors (Lipinski definition) is 4. The summed E-state index contributed by atoms with van der Waals surface area (Å²) in [6, 6.07) is 5.78. The second kappa shape index (κ2) is 6.07. The topological polar surface area (TPSA) is 74.8 Å². The van der Waals surface area contributed by atoms with E-state index in [1.165, 1.54) is 29.5 Å². The summed E-state index contributed by atoms with van der Waals surface area (Å²) in [5.74, 6) is -0.583. The number of rotatable bonds is 4. The Morgan fingerprint density at radius 3 is 3.00 bits per heavy atom. The largest absolute Gasteiger partial charge is 0.322 e. The zero-order valence-corrected chi connectivity index (χ0v) is 12.2. The van der Waals surface area contributed by atoms with Crippen LogP contribution in [0.4, 0.5) is 9.52 Å². The number of benzene rings is 1. The monoisotopic (exact) mass is 317 g/mol. The van der Waals surface area contributed by atoms with E-state index in [2.05, 4.69) is 15.3 Å². The highest BCUT2D eigenvalue weighted by atomic mass is 32.1. The van der Waals surface area contributed by atoms with Gasteiger partial charge in [0.15, 0.2) is 5.13 Å². The third-order valence-corrected chi connectivity index (χ3v) is 3.87. The molecule has 2 N–H and O–H groups in total. The van der Waals surface area contributed by atoms with E-state index in [0.29, 0.717) is 21.6 Å². The van der Waals surface area contributed by atoms with Crippen LogP contribution in [-0.2, 0) is 11.2 Å². The van der Waals surface area contributed by atoms with Gasteiger partial charge in [0.2, 0.25) is 5.91 Å². The standard InChI is InChI=1S/C15H12FN3O2S/c16-11-2-3-12-10(8-11)7-9(14(21)18-12)1-4-13(20)19-15-17-5-6-22-15/h2-3,5-8H,1,4H2,(H,18,21)(H,17,19,20). The van der Waals surface area contributed by atoms with Gasteiger partial charge in [0.05, 0.1) is 0 Å². The van der Waals surface area contributed by atoms with Crippen LogP contribution in [0.3, 0.4) is 0 Å². The van der Waals surface area contributed by atoms with Crippen LogP contribution in [0.15, 0.2) is 40.6 Å². The molecule has 0 saturated carbocycles. The Kier molecular flexibility index (Phi) is 3.97. The zero-order valence-electron chi connectivity index (χ0n) is 11.4. The molecule has 0 aliphatic carbocycles. The number of aromatic nitrogens is 2. The summed E-state index contributed by atoms with van der Waals surface area (Å²) in [4.78, 5) is 30.4. The molecule has 22 heavy (non-hydrogen) atoms. The SMILES string of the molecule is O=C(CCc1cc2cc(F)ccc2[nH]c1=O)Nc1nccs1. The minimum atomic E-state index is -0.369. The average molecular weight is 317 g/mol. The van der Waals surface area contributed by atoms with Crippen LogP contribution in [0, 0.1) is 5.82 Å². The minimum absolute atomic E-state index is 0.156. The molecule has 0 atom stereocenters. The Hall–Kier alpha value is -2.54. The van der Waals surface area contributed by atoms with Crippen molar-refractivity contribution in [2.45, 2.75) is 12.8 Å². The highest BCUT2D eigenvalue weighted by molar-refractivity contribution is 7.13. The number of anilines is 1. The van der Waals surface area contributed by atoms with Crippen LogP contribution in [0.1, 0.15) is 12.0 Å². The number of aryl methyl sites for hydroxylation is 1.